The standard InChI is InChI=1S/C19H20N2O2S/c1-15-6-2-3-9-18(15)20-19(22)21(14-16-7-4-12-23-16)11-10-17-8-5-13-24-17/h2-9,12-13H,10-11,14H2,1H3,(H,20,22). The number of carbonyl (C=O) groups excluding carboxylic acids is 1. The van der Waals surface area contributed by atoms with E-state index in [4.69, 9.17) is 4.42 Å². The molecule has 0 spiro atoms. The van der Waals surface area contributed by atoms with Crippen LogP contribution in [-0.4, -0.2) is 17.5 Å². The van der Waals surface area contributed by atoms with Gasteiger partial charge in [-0.15, -0.1) is 11.3 Å². The highest BCUT2D eigenvalue weighted by Crippen LogP contribution is 2.16. The molecule has 2 aromatic heterocycles. The maximum absolute atomic E-state index is 12.7. The highest BCUT2D eigenvalue weighted by atomic mass is 32.1. The minimum Gasteiger partial charge on any atom is -0.467 e. The molecule has 0 atom stereocenters. The lowest BCUT2D eigenvalue weighted by Crippen LogP contribution is -2.36. The highest BCUT2D eigenvalue weighted by Gasteiger charge is 2.16. The van der Waals surface area contributed by atoms with Gasteiger partial charge in [-0.05, 0) is 48.6 Å². The molecular formula is C19H20N2O2S. The molecule has 3 aromatic rings. The fourth-order valence-corrected chi connectivity index (χ4v) is 3.15. The van der Waals surface area contributed by atoms with Crippen molar-refractivity contribution in [2.45, 2.75) is 19.9 Å². The Labute approximate surface area is 145 Å². The number of hydrogen-bond donors (Lipinski definition) is 1. The number of para-hydroxylation sites is 1. The number of carbonyl (C=O) groups is 1. The maximum Gasteiger partial charge on any atom is 0.322 e. The quantitative estimate of drug-likeness (QED) is 0.692. The Bertz CT molecular complexity index is 767. The predicted octanol–water partition coefficient (Wildman–Crippen LogP) is 4.93. The normalized spacial score (nSPS) is 10.5. The molecule has 3 rings (SSSR count). The number of rotatable bonds is 6. The summed E-state index contributed by atoms with van der Waals surface area (Å²) >= 11 is 1.71. The summed E-state index contributed by atoms with van der Waals surface area (Å²) in [6.45, 7) is 3.08. The van der Waals surface area contributed by atoms with Crippen molar-refractivity contribution in [1.29, 1.82) is 0 Å². The third-order valence-corrected chi connectivity index (χ3v) is 4.75. The average molecular weight is 340 g/mol. The highest BCUT2D eigenvalue weighted by molar-refractivity contribution is 7.09. The smallest absolute Gasteiger partial charge is 0.322 e. The number of nitrogens with one attached hydrogen (secondary N) is 1. The summed E-state index contributed by atoms with van der Waals surface area (Å²) in [5, 5.41) is 5.06. The maximum atomic E-state index is 12.7. The number of anilines is 1. The molecule has 1 N–H and O–H groups in total. The van der Waals surface area contributed by atoms with Crippen LogP contribution in [0, 0.1) is 6.92 Å². The SMILES string of the molecule is Cc1ccccc1NC(=O)N(CCc1cccs1)Cc1ccco1. The van der Waals surface area contributed by atoms with Crippen molar-refractivity contribution in [3.8, 4) is 0 Å². The molecule has 0 aliphatic carbocycles. The van der Waals surface area contributed by atoms with Crippen molar-refractivity contribution in [2.75, 3.05) is 11.9 Å². The van der Waals surface area contributed by atoms with Gasteiger partial charge in [-0.25, -0.2) is 4.79 Å². The number of furan rings is 1. The number of nitrogens with zero attached hydrogens (tertiary/aromatic N) is 1. The van der Waals surface area contributed by atoms with E-state index in [0.717, 1.165) is 23.4 Å². The average Bonchev–Trinajstić information content (AvgIpc) is 3.27. The molecule has 0 unspecified atom stereocenters. The zero-order valence-electron chi connectivity index (χ0n) is 13.6. The summed E-state index contributed by atoms with van der Waals surface area (Å²) in [5.74, 6) is 0.779. The molecule has 24 heavy (non-hydrogen) atoms. The van der Waals surface area contributed by atoms with Gasteiger partial charge in [0.1, 0.15) is 5.76 Å². The third kappa shape index (κ3) is 4.26. The predicted molar refractivity (Wildman–Crippen MR) is 97.3 cm³/mol. The van der Waals surface area contributed by atoms with Gasteiger partial charge in [0.25, 0.3) is 0 Å². The van der Waals surface area contributed by atoms with Crippen molar-refractivity contribution in [3.63, 3.8) is 0 Å². The van der Waals surface area contributed by atoms with Crippen LogP contribution in [0.25, 0.3) is 0 Å². The van der Waals surface area contributed by atoms with Crippen molar-refractivity contribution in [2.24, 2.45) is 0 Å². The Morgan fingerprint density at radius 2 is 2.04 bits per heavy atom. The Morgan fingerprint density at radius 3 is 2.75 bits per heavy atom. The van der Waals surface area contributed by atoms with Crippen LogP contribution in [0.5, 0.6) is 0 Å². The number of aryl methyl sites for hydroxylation is 1. The second-order valence-electron chi connectivity index (χ2n) is 5.58. The Kier molecular flexibility index (Phi) is 5.33. The monoisotopic (exact) mass is 340 g/mol. The zero-order chi connectivity index (χ0) is 16.8. The molecule has 0 aliphatic rings. The largest absolute Gasteiger partial charge is 0.467 e. The van der Waals surface area contributed by atoms with Crippen LogP contribution in [0.15, 0.2) is 64.6 Å². The van der Waals surface area contributed by atoms with Gasteiger partial charge in [0, 0.05) is 17.1 Å². The molecule has 124 valence electrons. The molecule has 0 aliphatic heterocycles. The van der Waals surface area contributed by atoms with E-state index in [1.54, 1.807) is 22.5 Å². The van der Waals surface area contributed by atoms with Crippen molar-refractivity contribution < 1.29 is 9.21 Å². The molecule has 5 heteroatoms. The molecule has 0 fully saturated rings. The first kappa shape index (κ1) is 16.3. The third-order valence-electron chi connectivity index (χ3n) is 3.81. The Morgan fingerprint density at radius 1 is 1.17 bits per heavy atom. The van der Waals surface area contributed by atoms with E-state index in [2.05, 4.69) is 16.8 Å². The van der Waals surface area contributed by atoms with Crippen LogP contribution < -0.4 is 5.32 Å². The van der Waals surface area contributed by atoms with Gasteiger partial charge in [-0.1, -0.05) is 24.3 Å². The van der Waals surface area contributed by atoms with Crippen LogP contribution in [0.2, 0.25) is 0 Å². The van der Waals surface area contributed by atoms with Gasteiger partial charge in [-0.3, -0.25) is 0 Å². The molecule has 4 nitrogen and oxygen atoms in total. The minimum atomic E-state index is -0.114. The number of hydrogen-bond acceptors (Lipinski definition) is 3. The molecule has 2 amide bonds. The zero-order valence-corrected chi connectivity index (χ0v) is 14.4. The second kappa shape index (κ2) is 7.84. The number of benzene rings is 1. The Balaban J connectivity index is 1.70. The summed E-state index contributed by atoms with van der Waals surface area (Å²) in [5.41, 5.74) is 1.88. The first-order valence-electron chi connectivity index (χ1n) is 7.88. The Hall–Kier alpha value is -2.53. The fraction of sp³-hybridized carbons (Fsp3) is 0.211. The summed E-state index contributed by atoms with van der Waals surface area (Å²) in [7, 11) is 0. The summed E-state index contributed by atoms with van der Waals surface area (Å²) in [4.78, 5) is 15.8. The van der Waals surface area contributed by atoms with E-state index in [-0.39, 0.29) is 6.03 Å². The van der Waals surface area contributed by atoms with Gasteiger partial charge < -0.3 is 14.6 Å². The van der Waals surface area contributed by atoms with Crippen LogP contribution in [0.1, 0.15) is 16.2 Å². The molecule has 0 radical (unpaired) electrons. The van der Waals surface area contributed by atoms with E-state index >= 15 is 0 Å². The van der Waals surface area contributed by atoms with Crippen LogP contribution in [0.4, 0.5) is 10.5 Å². The second-order valence-corrected chi connectivity index (χ2v) is 6.61. The lowest BCUT2D eigenvalue weighted by Gasteiger charge is -2.22. The number of amides is 2. The van der Waals surface area contributed by atoms with Gasteiger partial charge in [-0.2, -0.15) is 0 Å². The van der Waals surface area contributed by atoms with Crippen LogP contribution in [-0.2, 0) is 13.0 Å². The van der Waals surface area contributed by atoms with Gasteiger partial charge in [0.15, 0.2) is 0 Å². The fourth-order valence-electron chi connectivity index (χ4n) is 2.45. The van der Waals surface area contributed by atoms with Crippen molar-refractivity contribution >= 4 is 23.1 Å². The summed E-state index contributed by atoms with van der Waals surface area (Å²) < 4.78 is 5.41. The molecule has 1 aromatic carbocycles. The minimum absolute atomic E-state index is 0.114. The van der Waals surface area contributed by atoms with E-state index in [9.17, 15) is 4.79 Å². The molecule has 0 saturated heterocycles. The van der Waals surface area contributed by atoms with Crippen molar-refractivity contribution in [1.82, 2.24) is 4.90 Å². The van der Waals surface area contributed by atoms with Gasteiger partial charge >= 0.3 is 6.03 Å². The molecule has 0 saturated carbocycles. The van der Waals surface area contributed by atoms with Gasteiger partial charge in [0.2, 0.25) is 0 Å². The first-order valence-corrected chi connectivity index (χ1v) is 8.76. The van der Waals surface area contributed by atoms with Crippen molar-refractivity contribution in [3.05, 3.63) is 76.4 Å². The molecule has 0 bridgehead atoms. The summed E-state index contributed by atoms with van der Waals surface area (Å²) in [6, 6.07) is 15.5. The van der Waals surface area contributed by atoms with Crippen LogP contribution >= 0.6 is 11.3 Å². The first-order chi connectivity index (χ1) is 11.7. The summed E-state index contributed by atoms with van der Waals surface area (Å²) in [6.07, 6.45) is 2.46. The lowest BCUT2D eigenvalue weighted by atomic mass is 10.2. The van der Waals surface area contributed by atoms with E-state index in [1.165, 1.54) is 4.88 Å². The van der Waals surface area contributed by atoms with E-state index in [0.29, 0.717) is 13.1 Å². The van der Waals surface area contributed by atoms with E-state index in [1.807, 2.05) is 49.4 Å². The lowest BCUT2D eigenvalue weighted by molar-refractivity contribution is 0.205. The van der Waals surface area contributed by atoms with Gasteiger partial charge in [0.05, 0.1) is 12.8 Å². The van der Waals surface area contributed by atoms with E-state index < -0.39 is 0 Å². The molecular weight excluding hydrogens is 320 g/mol. The number of thiophene rings is 1. The topological polar surface area (TPSA) is 45.5 Å². The van der Waals surface area contributed by atoms with Crippen LogP contribution in [0.3, 0.4) is 0 Å². The molecule has 2 heterocycles. The number of urea groups is 1.